The van der Waals surface area contributed by atoms with E-state index >= 15 is 0 Å². The topological polar surface area (TPSA) is 59.9 Å². The van der Waals surface area contributed by atoms with E-state index < -0.39 is 0 Å². The molecule has 1 rings (SSSR count). The van der Waals surface area contributed by atoms with Gasteiger partial charge in [0.15, 0.2) is 0 Å². The summed E-state index contributed by atoms with van der Waals surface area (Å²) in [5.41, 5.74) is 1.99. The summed E-state index contributed by atoms with van der Waals surface area (Å²) < 4.78 is 5.39. The van der Waals surface area contributed by atoms with Crippen LogP contribution in [0.4, 0.5) is 5.95 Å². The zero-order valence-electron chi connectivity index (χ0n) is 11.3. The summed E-state index contributed by atoms with van der Waals surface area (Å²) in [4.78, 5) is 4.44. The predicted octanol–water partition coefficient (Wildman–Crippen LogP) is 2.00. The van der Waals surface area contributed by atoms with Gasteiger partial charge in [-0.15, -0.1) is 11.7 Å². The number of ether oxygens (including phenoxy) is 1. The van der Waals surface area contributed by atoms with Gasteiger partial charge >= 0.3 is 0 Å². The molecule has 0 bridgehead atoms. The molecule has 0 unspecified atom stereocenters. The number of rotatable bonds is 9. The summed E-state index contributed by atoms with van der Waals surface area (Å²) in [6.45, 7) is 9.80. The smallest absolute Gasteiger partial charge is 0.243 e. The van der Waals surface area contributed by atoms with Crippen molar-refractivity contribution >= 4 is 5.95 Å². The highest BCUT2D eigenvalue weighted by Gasteiger charge is 2.05. The molecule has 0 spiro atoms. The molecular formula is C13H22N4O. The van der Waals surface area contributed by atoms with Crippen LogP contribution in [0.15, 0.2) is 12.7 Å². The molecule has 5 nitrogen and oxygen atoms in total. The molecule has 1 N–H and O–H groups in total. The largest absolute Gasteiger partial charge is 0.379 e. The molecule has 1 aromatic rings. The van der Waals surface area contributed by atoms with E-state index in [-0.39, 0.29) is 0 Å². The van der Waals surface area contributed by atoms with Crippen LogP contribution >= 0.6 is 0 Å². The van der Waals surface area contributed by atoms with Gasteiger partial charge in [-0.1, -0.05) is 19.9 Å². The first kappa shape index (κ1) is 14.6. The van der Waals surface area contributed by atoms with Gasteiger partial charge in [-0.3, -0.25) is 0 Å². The minimum Gasteiger partial charge on any atom is -0.379 e. The molecule has 0 atom stereocenters. The van der Waals surface area contributed by atoms with Crippen molar-refractivity contribution in [2.45, 2.75) is 33.1 Å². The molecule has 0 radical (unpaired) electrons. The maximum atomic E-state index is 5.39. The number of aryl methyl sites for hydroxylation is 2. The molecule has 0 aromatic carbocycles. The fraction of sp³-hybridized carbons (Fsp3) is 0.615. The minimum atomic E-state index is 0.580. The van der Waals surface area contributed by atoms with Crippen LogP contribution in [0.25, 0.3) is 0 Å². The molecule has 18 heavy (non-hydrogen) atoms. The molecule has 0 aliphatic heterocycles. The van der Waals surface area contributed by atoms with Crippen LogP contribution in [0, 0.1) is 0 Å². The van der Waals surface area contributed by atoms with Gasteiger partial charge in [-0.25, -0.2) is 4.98 Å². The van der Waals surface area contributed by atoms with Crippen LogP contribution in [0.1, 0.15) is 31.7 Å². The maximum absolute atomic E-state index is 5.39. The van der Waals surface area contributed by atoms with Crippen LogP contribution in [-0.2, 0) is 17.6 Å². The van der Waals surface area contributed by atoms with Crippen LogP contribution in [-0.4, -0.2) is 34.9 Å². The molecule has 0 aliphatic carbocycles. The van der Waals surface area contributed by atoms with E-state index in [9.17, 15) is 0 Å². The monoisotopic (exact) mass is 250 g/mol. The van der Waals surface area contributed by atoms with Gasteiger partial charge in [0.2, 0.25) is 5.95 Å². The van der Waals surface area contributed by atoms with Crippen molar-refractivity contribution in [2.24, 2.45) is 0 Å². The quantitative estimate of drug-likeness (QED) is 0.536. The zero-order chi connectivity index (χ0) is 13.2. The lowest BCUT2D eigenvalue weighted by Gasteiger charge is -2.07. The van der Waals surface area contributed by atoms with Gasteiger partial charge in [-0.05, 0) is 19.3 Å². The number of nitrogens with zero attached hydrogens (tertiary/aromatic N) is 3. The van der Waals surface area contributed by atoms with E-state index in [0.717, 1.165) is 30.7 Å². The van der Waals surface area contributed by atoms with E-state index in [0.29, 0.717) is 25.7 Å². The Balaban J connectivity index is 2.36. The van der Waals surface area contributed by atoms with Crippen LogP contribution in [0.3, 0.4) is 0 Å². The second-order valence-electron chi connectivity index (χ2n) is 3.85. The number of anilines is 1. The number of aromatic nitrogens is 3. The van der Waals surface area contributed by atoms with Gasteiger partial charge < -0.3 is 10.1 Å². The number of hydrogen-bond acceptors (Lipinski definition) is 5. The van der Waals surface area contributed by atoms with Gasteiger partial charge in [0, 0.05) is 6.54 Å². The third-order valence-electron chi connectivity index (χ3n) is 2.51. The molecule has 1 aromatic heterocycles. The minimum absolute atomic E-state index is 0.580. The highest BCUT2D eigenvalue weighted by Crippen LogP contribution is 2.06. The van der Waals surface area contributed by atoms with E-state index in [2.05, 4.69) is 40.9 Å². The van der Waals surface area contributed by atoms with Gasteiger partial charge in [-0.2, -0.15) is 5.10 Å². The Morgan fingerprint density at radius 3 is 2.61 bits per heavy atom. The van der Waals surface area contributed by atoms with Crippen molar-refractivity contribution in [2.75, 3.05) is 25.1 Å². The van der Waals surface area contributed by atoms with Crippen molar-refractivity contribution in [3.63, 3.8) is 0 Å². The Hall–Kier alpha value is -1.49. The Morgan fingerprint density at radius 2 is 1.94 bits per heavy atom. The van der Waals surface area contributed by atoms with Crippen molar-refractivity contribution in [3.8, 4) is 0 Å². The Morgan fingerprint density at radius 1 is 1.17 bits per heavy atom. The molecule has 1 heterocycles. The fourth-order valence-corrected chi connectivity index (χ4v) is 1.52. The van der Waals surface area contributed by atoms with E-state index in [1.165, 1.54) is 0 Å². The summed E-state index contributed by atoms with van der Waals surface area (Å²) in [5.74, 6) is 0.580. The standard InChI is InChI=1S/C13H22N4O/c1-4-7-9-18-10-8-14-13-15-11(5-2)12(6-3)16-17-13/h4H,1,5-10H2,2-3H3,(H,14,15,17). The second-order valence-corrected chi connectivity index (χ2v) is 3.85. The highest BCUT2D eigenvalue weighted by atomic mass is 16.5. The first-order valence-electron chi connectivity index (χ1n) is 6.46. The summed E-state index contributed by atoms with van der Waals surface area (Å²) in [6.07, 6.45) is 4.47. The summed E-state index contributed by atoms with van der Waals surface area (Å²) >= 11 is 0. The predicted molar refractivity (Wildman–Crippen MR) is 72.7 cm³/mol. The lowest BCUT2D eigenvalue weighted by atomic mass is 10.2. The highest BCUT2D eigenvalue weighted by molar-refractivity contribution is 5.25. The average Bonchev–Trinajstić information content (AvgIpc) is 2.42. The average molecular weight is 250 g/mol. The molecule has 100 valence electrons. The lowest BCUT2D eigenvalue weighted by Crippen LogP contribution is -2.14. The van der Waals surface area contributed by atoms with Crippen molar-refractivity contribution < 1.29 is 4.74 Å². The van der Waals surface area contributed by atoms with Crippen molar-refractivity contribution in [1.82, 2.24) is 15.2 Å². The zero-order valence-corrected chi connectivity index (χ0v) is 11.3. The molecular weight excluding hydrogens is 228 g/mol. The molecule has 0 saturated carbocycles. The fourth-order valence-electron chi connectivity index (χ4n) is 1.52. The maximum Gasteiger partial charge on any atom is 0.243 e. The van der Waals surface area contributed by atoms with Gasteiger partial charge in [0.25, 0.3) is 0 Å². The van der Waals surface area contributed by atoms with Gasteiger partial charge in [0.05, 0.1) is 24.6 Å². The van der Waals surface area contributed by atoms with Crippen molar-refractivity contribution in [3.05, 3.63) is 24.0 Å². The summed E-state index contributed by atoms with van der Waals surface area (Å²) in [5, 5.41) is 11.3. The summed E-state index contributed by atoms with van der Waals surface area (Å²) in [6, 6.07) is 0. The van der Waals surface area contributed by atoms with Crippen LogP contribution in [0.5, 0.6) is 0 Å². The van der Waals surface area contributed by atoms with Crippen LogP contribution in [0.2, 0.25) is 0 Å². The third-order valence-corrected chi connectivity index (χ3v) is 2.51. The Labute approximate surface area is 109 Å². The normalized spacial score (nSPS) is 10.3. The molecule has 0 aliphatic rings. The SMILES string of the molecule is C=CCCOCCNc1nnc(CC)c(CC)n1. The van der Waals surface area contributed by atoms with Crippen LogP contribution < -0.4 is 5.32 Å². The number of nitrogens with one attached hydrogen (secondary N) is 1. The van der Waals surface area contributed by atoms with E-state index in [1.54, 1.807) is 0 Å². The molecule has 0 amide bonds. The summed E-state index contributed by atoms with van der Waals surface area (Å²) in [7, 11) is 0. The lowest BCUT2D eigenvalue weighted by molar-refractivity contribution is 0.148. The Kier molecular flexibility index (Phi) is 6.94. The molecule has 0 fully saturated rings. The Bertz CT molecular complexity index is 368. The first-order valence-corrected chi connectivity index (χ1v) is 6.46. The van der Waals surface area contributed by atoms with E-state index in [1.807, 2.05) is 6.08 Å². The second kappa shape index (κ2) is 8.58. The molecule has 5 heteroatoms. The molecule has 0 saturated heterocycles. The third kappa shape index (κ3) is 4.79. The first-order chi connectivity index (χ1) is 8.81. The van der Waals surface area contributed by atoms with E-state index in [4.69, 9.17) is 4.74 Å². The van der Waals surface area contributed by atoms with Crippen molar-refractivity contribution in [1.29, 1.82) is 0 Å². The van der Waals surface area contributed by atoms with Gasteiger partial charge in [0.1, 0.15) is 0 Å². The number of hydrogen-bond donors (Lipinski definition) is 1.